The van der Waals surface area contributed by atoms with Gasteiger partial charge in [0.25, 0.3) is 0 Å². The Kier molecular flexibility index (Phi) is 5.03. The number of hydrogen-bond acceptors (Lipinski definition) is 2. The molecule has 0 spiro atoms. The van der Waals surface area contributed by atoms with Gasteiger partial charge in [0.2, 0.25) is 0 Å². The van der Waals surface area contributed by atoms with Crippen molar-refractivity contribution in [3.05, 3.63) is 76.9 Å². The number of carbonyl (C=O) groups excluding carboxylic acids is 1. The van der Waals surface area contributed by atoms with Crippen molar-refractivity contribution >= 4 is 17.4 Å². The summed E-state index contributed by atoms with van der Waals surface area (Å²) >= 11 is 0. The summed E-state index contributed by atoms with van der Waals surface area (Å²) in [6.07, 6.45) is -3.52. The monoisotopic (exact) mass is 375 g/mol. The molecule has 140 valence electrons. The molecule has 0 saturated heterocycles. The highest BCUT2D eigenvalue weighted by Gasteiger charge is 2.43. The fourth-order valence-corrected chi connectivity index (χ4v) is 3.15. The lowest BCUT2D eigenvalue weighted by Crippen LogP contribution is -2.43. The normalized spacial score (nSPS) is 14.6. The highest BCUT2D eigenvalue weighted by Crippen LogP contribution is 2.29. The molecule has 2 aromatic rings. The quantitative estimate of drug-likeness (QED) is 0.834. The zero-order chi connectivity index (χ0) is 19.6. The third-order valence-corrected chi connectivity index (χ3v) is 4.41. The summed E-state index contributed by atoms with van der Waals surface area (Å²) in [6.45, 7) is -0.155. The van der Waals surface area contributed by atoms with Crippen molar-refractivity contribution in [3.63, 3.8) is 0 Å². The van der Waals surface area contributed by atoms with E-state index in [1.807, 2.05) is 0 Å². The highest BCUT2D eigenvalue weighted by molar-refractivity contribution is 5.95. The molecule has 3 rings (SSSR count). The zero-order valence-corrected chi connectivity index (χ0v) is 14.2. The van der Waals surface area contributed by atoms with E-state index in [9.17, 15) is 27.9 Å². The largest absolute Gasteiger partial charge is 0.478 e. The van der Waals surface area contributed by atoms with Crippen LogP contribution in [0.3, 0.4) is 0 Å². The van der Waals surface area contributed by atoms with Gasteiger partial charge in [-0.25, -0.2) is 4.79 Å². The minimum atomic E-state index is -4.91. The van der Waals surface area contributed by atoms with Crippen LogP contribution in [0.25, 0.3) is 5.57 Å². The van der Waals surface area contributed by atoms with Crippen LogP contribution in [-0.4, -0.2) is 34.6 Å². The van der Waals surface area contributed by atoms with E-state index in [-0.39, 0.29) is 13.1 Å². The Bertz CT molecular complexity index is 904. The van der Waals surface area contributed by atoms with Gasteiger partial charge in [0.15, 0.2) is 0 Å². The Morgan fingerprint density at radius 1 is 1.00 bits per heavy atom. The molecule has 2 aromatic carbocycles. The van der Waals surface area contributed by atoms with Gasteiger partial charge in [-0.05, 0) is 40.3 Å². The Hall–Kier alpha value is -3.09. The molecular weight excluding hydrogens is 359 g/mol. The van der Waals surface area contributed by atoms with E-state index >= 15 is 0 Å². The van der Waals surface area contributed by atoms with E-state index in [1.165, 1.54) is 0 Å². The van der Waals surface area contributed by atoms with Crippen molar-refractivity contribution in [2.45, 2.75) is 19.1 Å². The Balaban J connectivity index is 1.97. The van der Waals surface area contributed by atoms with E-state index in [2.05, 4.69) is 0 Å². The van der Waals surface area contributed by atoms with Crippen molar-refractivity contribution in [3.8, 4) is 0 Å². The van der Waals surface area contributed by atoms with Gasteiger partial charge in [-0.3, -0.25) is 4.79 Å². The van der Waals surface area contributed by atoms with Gasteiger partial charge < -0.3 is 10.0 Å². The summed E-state index contributed by atoms with van der Waals surface area (Å²) in [6, 6.07) is 14.0. The summed E-state index contributed by atoms with van der Waals surface area (Å²) in [4.78, 5) is 23.5. The molecular formula is C20H16F3NO3. The number of hydrogen-bond donors (Lipinski definition) is 1. The molecule has 1 aliphatic heterocycles. The average Bonchev–Trinajstić information content (AvgIpc) is 2.64. The Labute approximate surface area is 153 Å². The predicted molar refractivity (Wildman–Crippen MR) is 92.8 cm³/mol. The van der Waals surface area contributed by atoms with Gasteiger partial charge in [0, 0.05) is 19.2 Å². The number of alkyl halides is 3. The molecule has 0 saturated carbocycles. The maximum Gasteiger partial charge on any atom is 0.471 e. The number of aliphatic carboxylic acids is 1. The summed E-state index contributed by atoms with van der Waals surface area (Å²) in [5.41, 5.74) is 3.14. The van der Waals surface area contributed by atoms with Crippen molar-refractivity contribution < 1.29 is 27.9 Å². The number of carboxylic acids is 1. The Morgan fingerprint density at radius 2 is 1.70 bits per heavy atom. The molecule has 7 heteroatoms. The number of halogens is 3. The lowest BCUT2D eigenvalue weighted by molar-refractivity contribution is -0.186. The van der Waals surface area contributed by atoms with Crippen LogP contribution in [0, 0.1) is 0 Å². The first kappa shape index (κ1) is 18.7. The smallest absolute Gasteiger partial charge is 0.471 e. The van der Waals surface area contributed by atoms with Crippen molar-refractivity contribution in [2.24, 2.45) is 0 Å². The van der Waals surface area contributed by atoms with Gasteiger partial charge in [0.1, 0.15) is 0 Å². The molecule has 0 aromatic heterocycles. The number of amides is 1. The number of carboxylic acid groups (broad SMARTS) is 1. The summed E-state index contributed by atoms with van der Waals surface area (Å²) in [7, 11) is 0. The second-order valence-electron chi connectivity index (χ2n) is 6.22. The van der Waals surface area contributed by atoms with Crippen LogP contribution in [0.1, 0.15) is 22.3 Å². The number of rotatable bonds is 3. The van der Waals surface area contributed by atoms with Gasteiger partial charge in [-0.2, -0.15) is 13.2 Å². The molecule has 1 aliphatic rings. The fourth-order valence-electron chi connectivity index (χ4n) is 3.15. The van der Waals surface area contributed by atoms with E-state index in [0.29, 0.717) is 28.7 Å². The first-order valence-electron chi connectivity index (χ1n) is 8.24. The van der Waals surface area contributed by atoms with Crippen molar-refractivity contribution in [1.82, 2.24) is 4.90 Å². The average molecular weight is 375 g/mol. The topological polar surface area (TPSA) is 57.6 Å². The maximum absolute atomic E-state index is 12.7. The van der Waals surface area contributed by atoms with Crippen LogP contribution < -0.4 is 0 Å². The van der Waals surface area contributed by atoms with Crippen LogP contribution in [-0.2, 0) is 22.6 Å². The van der Waals surface area contributed by atoms with Crippen LogP contribution in [0.2, 0.25) is 0 Å². The second-order valence-corrected chi connectivity index (χ2v) is 6.22. The molecule has 0 bridgehead atoms. The third-order valence-electron chi connectivity index (χ3n) is 4.41. The van der Waals surface area contributed by atoms with Gasteiger partial charge in [0.05, 0.1) is 0 Å². The molecule has 4 nitrogen and oxygen atoms in total. The minimum absolute atomic E-state index is 0.00119. The lowest BCUT2D eigenvalue weighted by Gasteiger charge is -2.30. The zero-order valence-electron chi connectivity index (χ0n) is 14.2. The second kappa shape index (κ2) is 7.26. The maximum atomic E-state index is 12.7. The lowest BCUT2D eigenvalue weighted by atomic mass is 9.91. The van der Waals surface area contributed by atoms with Crippen LogP contribution >= 0.6 is 0 Å². The standard InChI is InChI=1S/C20H16F3NO3/c21-20(22,23)19(27)24-9-8-13-6-7-15(10-16(13)12-24)17(11-18(25)26)14-4-2-1-3-5-14/h1-7,10-11H,8-9,12H2,(H,25,26)/b17-11-. The third kappa shape index (κ3) is 4.19. The molecule has 0 radical (unpaired) electrons. The van der Waals surface area contributed by atoms with Crippen LogP contribution in [0.4, 0.5) is 13.2 Å². The van der Waals surface area contributed by atoms with E-state index < -0.39 is 18.1 Å². The van der Waals surface area contributed by atoms with Crippen molar-refractivity contribution in [2.75, 3.05) is 6.54 Å². The Morgan fingerprint density at radius 3 is 2.33 bits per heavy atom. The summed E-state index contributed by atoms with van der Waals surface area (Å²) in [5.74, 6) is -2.98. The predicted octanol–water partition coefficient (Wildman–Crippen LogP) is 3.65. The molecule has 1 amide bonds. The van der Waals surface area contributed by atoms with Gasteiger partial charge in [-0.1, -0.05) is 42.5 Å². The van der Waals surface area contributed by atoms with Gasteiger partial charge in [-0.15, -0.1) is 0 Å². The highest BCUT2D eigenvalue weighted by atomic mass is 19.4. The van der Waals surface area contributed by atoms with Crippen LogP contribution in [0.15, 0.2) is 54.6 Å². The molecule has 1 heterocycles. The molecule has 0 aliphatic carbocycles. The number of benzene rings is 2. The van der Waals surface area contributed by atoms with E-state index in [4.69, 9.17) is 0 Å². The number of carbonyl (C=O) groups is 2. The number of nitrogens with zero attached hydrogens (tertiary/aromatic N) is 1. The first-order chi connectivity index (χ1) is 12.8. The number of fused-ring (bicyclic) bond motifs is 1. The first-order valence-corrected chi connectivity index (χ1v) is 8.24. The fraction of sp³-hybridized carbons (Fsp3) is 0.200. The van der Waals surface area contributed by atoms with E-state index in [0.717, 1.165) is 16.5 Å². The summed E-state index contributed by atoms with van der Waals surface area (Å²) in [5, 5.41) is 9.20. The summed E-state index contributed by atoms with van der Waals surface area (Å²) < 4.78 is 38.1. The molecule has 0 fully saturated rings. The molecule has 1 N–H and O–H groups in total. The van der Waals surface area contributed by atoms with Gasteiger partial charge >= 0.3 is 18.1 Å². The molecule has 0 unspecified atom stereocenters. The van der Waals surface area contributed by atoms with E-state index in [1.54, 1.807) is 48.5 Å². The minimum Gasteiger partial charge on any atom is -0.478 e. The van der Waals surface area contributed by atoms with Crippen LogP contribution in [0.5, 0.6) is 0 Å². The molecule has 27 heavy (non-hydrogen) atoms. The van der Waals surface area contributed by atoms with Crippen molar-refractivity contribution in [1.29, 1.82) is 0 Å². The SMILES string of the molecule is O=C(O)/C=C(/c1ccccc1)c1ccc2c(c1)CN(C(=O)C(F)(F)F)CC2. The molecule has 0 atom stereocenters.